The maximum Gasteiger partial charge on any atom is 0.271 e. The molecule has 0 unspecified atom stereocenters. The lowest BCUT2D eigenvalue weighted by Gasteiger charge is -2.17. The van der Waals surface area contributed by atoms with Gasteiger partial charge in [-0.25, -0.2) is 4.98 Å². The SMILES string of the molecule is CC(C)(C#N)NC(=O)c1cc(Cl)c2ccccc2n1. The fourth-order valence-corrected chi connectivity index (χ4v) is 1.89. The molecule has 0 radical (unpaired) electrons. The summed E-state index contributed by atoms with van der Waals surface area (Å²) in [7, 11) is 0. The van der Waals surface area contributed by atoms with Gasteiger partial charge in [-0.3, -0.25) is 4.79 Å². The summed E-state index contributed by atoms with van der Waals surface area (Å²) in [5.41, 5.74) is -0.0985. The molecule has 1 amide bonds. The molecule has 0 atom stereocenters. The van der Waals surface area contributed by atoms with Gasteiger partial charge in [0.15, 0.2) is 0 Å². The lowest BCUT2D eigenvalue weighted by Crippen LogP contribution is -2.42. The van der Waals surface area contributed by atoms with E-state index in [-0.39, 0.29) is 5.69 Å². The Morgan fingerprint density at radius 2 is 2.11 bits per heavy atom. The van der Waals surface area contributed by atoms with Crippen molar-refractivity contribution in [2.24, 2.45) is 0 Å². The number of benzene rings is 1. The summed E-state index contributed by atoms with van der Waals surface area (Å²) < 4.78 is 0. The molecule has 1 aromatic heterocycles. The molecule has 0 aliphatic heterocycles. The number of halogens is 1. The van der Waals surface area contributed by atoms with E-state index in [0.717, 1.165) is 5.39 Å². The summed E-state index contributed by atoms with van der Waals surface area (Å²) in [6.07, 6.45) is 0. The molecule has 96 valence electrons. The first kappa shape index (κ1) is 13.3. The Morgan fingerprint density at radius 1 is 1.42 bits per heavy atom. The van der Waals surface area contributed by atoms with Crippen molar-refractivity contribution in [3.05, 3.63) is 41.0 Å². The van der Waals surface area contributed by atoms with E-state index in [1.54, 1.807) is 19.9 Å². The molecule has 2 rings (SSSR count). The maximum absolute atomic E-state index is 12.0. The molecule has 2 aromatic rings. The summed E-state index contributed by atoms with van der Waals surface area (Å²) in [5.74, 6) is -0.417. The van der Waals surface area contributed by atoms with Gasteiger partial charge in [-0.2, -0.15) is 5.26 Å². The van der Waals surface area contributed by atoms with Crippen LogP contribution < -0.4 is 5.32 Å². The number of nitrogens with zero attached hydrogens (tertiary/aromatic N) is 2. The van der Waals surface area contributed by atoms with Crippen molar-refractivity contribution >= 4 is 28.4 Å². The topological polar surface area (TPSA) is 65.8 Å². The Morgan fingerprint density at radius 3 is 2.79 bits per heavy atom. The largest absolute Gasteiger partial charge is 0.333 e. The van der Waals surface area contributed by atoms with Crippen molar-refractivity contribution in [3.8, 4) is 6.07 Å². The van der Waals surface area contributed by atoms with Crippen LogP contribution in [0, 0.1) is 11.3 Å². The van der Waals surface area contributed by atoms with E-state index in [9.17, 15) is 4.79 Å². The molecule has 0 saturated carbocycles. The van der Waals surface area contributed by atoms with Gasteiger partial charge in [0.1, 0.15) is 11.2 Å². The van der Waals surface area contributed by atoms with Crippen LogP contribution in [0.4, 0.5) is 0 Å². The van der Waals surface area contributed by atoms with Crippen LogP contribution >= 0.6 is 11.6 Å². The van der Waals surface area contributed by atoms with E-state index < -0.39 is 11.4 Å². The number of pyridine rings is 1. The normalized spacial score (nSPS) is 11.1. The molecule has 19 heavy (non-hydrogen) atoms. The Kier molecular flexibility index (Phi) is 3.41. The number of carbonyl (C=O) groups is 1. The third-order valence-corrected chi connectivity index (χ3v) is 2.92. The van der Waals surface area contributed by atoms with Gasteiger partial charge in [0.05, 0.1) is 16.6 Å². The number of amides is 1. The van der Waals surface area contributed by atoms with E-state index in [4.69, 9.17) is 16.9 Å². The summed E-state index contributed by atoms with van der Waals surface area (Å²) in [4.78, 5) is 16.3. The van der Waals surface area contributed by atoms with Gasteiger partial charge in [-0.1, -0.05) is 29.8 Å². The van der Waals surface area contributed by atoms with Crippen LogP contribution in [0.5, 0.6) is 0 Å². The molecule has 1 aromatic carbocycles. The molecule has 0 saturated heterocycles. The van der Waals surface area contributed by atoms with Crippen molar-refractivity contribution in [2.45, 2.75) is 19.4 Å². The van der Waals surface area contributed by atoms with E-state index in [1.165, 1.54) is 6.07 Å². The number of rotatable bonds is 2. The fraction of sp³-hybridized carbons (Fsp3) is 0.214. The lowest BCUT2D eigenvalue weighted by molar-refractivity contribution is 0.0924. The molecule has 0 aliphatic rings. The zero-order valence-electron chi connectivity index (χ0n) is 10.6. The van der Waals surface area contributed by atoms with Gasteiger partial charge in [-0.05, 0) is 26.0 Å². The molecule has 0 aliphatic carbocycles. The molecule has 0 fully saturated rings. The highest BCUT2D eigenvalue weighted by Gasteiger charge is 2.21. The van der Waals surface area contributed by atoms with Crippen molar-refractivity contribution < 1.29 is 4.79 Å². The Bertz CT molecular complexity index is 689. The first-order chi connectivity index (χ1) is 8.93. The number of fused-ring (bicyclic) bond motifs is 1. The van der Waals surface area contributed by atoms with Gasteiger partial charge in [0.2, 0.25) is 0 Å². The molecule has 1 N–H and O–H groups in total. The number of para-hydroxylation sites is 1. The van der Waals surface area contributed by atoms with Crippen LogP contribution in [0.25, 0.3) is 10.9 Å². The highest BCUT2D eigenvalue weighted by molar-refractivity contribution is 6.35. The van der Waals surface area contributed by atoms with Gasteiger partial charge in [0.25, 0.3) is 5.91 Å². The molecule has 5 heteroatoms. The third kappa shape index (κ3) is 2.83. The molecule has 0 bridgehead atoms. The Balaban J connectivity index is 2.42. The second-order valence-corrected chi connectivity index (χ2v) is 5.10. The Labute approximate surface area is 116 Å². The van der Waals surface area contributed by atoms with Crippen molar-refractivity contribution in [1.29, 1.82) is 5.26 Å². The molecule has 1 heterocycles. The van der Waals surface area contributed by atoms with Crippen LogP contribution in [-0.4, -0.2) is 16.4 Å². The van der Waals surface area contributed by atoms with E-state index in [2.05, 4.69) is 10.3 Å². The van der Waals surface area contributed by atoms with E-state index >= 15 is 0 Å². The first-order valence-corrected chi connectivity index (χ1v) is 6.10. The predicted octanol–water partition coefficient (Wildman–Crippen LogP) is 2.92. The summed E-state index contributed by atoms with van der Waals surface area (Å²) in [5, 5.41) is 12.8. The van der Waals surface area contributed by atoms with Crippen LogP contribution in [0.1, 0.15) is 24.3 Å². The molecule has 0 spiro atoms. The predicted molar refractivity (Wildman–Crippen MR) is 73.9 cm³/mol. The average molecular weight is 274 g/mol. The molecular weight excluding hydrogens is 262 g/mol. The molecular formula is C14H12ClN3O. The first-order valence-electron chi connectivity index (χ1n) is 5.72. The zero-order chi connectivity index (χ0) is 14.0. The van der Waals surface area contributed by atoms with Crippen LogP contribution in [0.2, 0.25) is 5.02 Å². The van der Waals surface area contributed by atoms with Crippen molar-refractivity contribution in [1.82, 2.24) is 10.3 Å². The average Bonchev–Trinajstić information content (AvgIpc) is 2.38. The monoisotopic (exact) mass is 273 g/mol. The van der Waals surface area contributed by atoms with Gasteiger partial charge < -0.3 is 5.32 Å². The number of aromatic nitrogens is 1. The number of carbonyl (C=O) groups excluding carboxylic acids is 1. The second-order valence-electron chi connectivity index (χ2n) is 4.70. The van der Waals surface area contributed by atoms with Crippen LogP contribution in [0.3, 0.4) is 0 Å². The highest BCUT2D eigenvalue weighted by Crippen LogP contribution is 2.22. The van der Waals surface area contributed by atoms with E-state index in [0.29, 0.717) is 10.5 Å². The number of hydrogen-bond acceptors (Lipinski definition) is 3. The lowest BCUT2D eigenvalue weighted by atomic mass is 10.1. The number of nitriles is 1. The standard InChI is InChI=1S/C14H12ClN3O/c1-14(2,8-16)18-13(19)12-7-10(15)9-5-3-4-6-11(9)17-12/h3-7H,1-2H3,(H,18,19). The van der Waals surface area contributed by atoms with Gasteiger partial charge >= 0.3 is 0 Å². The molecule has 4 nitrogen and oxygen atoms in total. The number of hydrogen-bond donors (Lipinski definition) is 1. The van der Waals surface area contributed by atoms with Crippen LogP contribution in [-0.2, 0) is 0 Å². The van der Waals surface area contributed by atoms with E-state index in [1.807, 2.05) is 24.3 Å². The fourth-order valence-electron chi connectivity index (χ4n) is 1.63. The third-order valence-electron chi connectivity index (χ3n) is 2.60. The Hall–Kier alpha value is -2.12. The summed E-state index contributed by atoms with van der Waals surface area (Å²) in [6.45, 7) is 3.24. The minimum atomic E-state index is -0.948. The number of nitrogens with one attached hydrogen (secondary N) is 1. The van der Waals surface area contributed by atoms with Crippen LogP contribution in [0.15, 0.2) is 30.3 Å². The zero-order valence-corrected chi connectivity index (χ0v) is 11.3. The van der Waals surface area contributed by atoms with Gasteiger partial charge in [0, 0.05) is 5.39 Å². The van der Waals surface area contributed by atoms with Gasteiger partial charge in [-0.15, -0.1) is 0 Å². The highest BCUT2D eigenvalue weighted by atomic mass is 35.5. The minimum Gasteiger partial charge on any atom is -0.333 e. The maximum atomic E-state index is 12.0. The quantitative estimate of drug-likeness (QED) is 0.915. The minimum absolute atomic E-state index is 0.201. The second kappa shape index (κ2) is 4.87. The smallest absolute Gasteiger partial charge is 0.271 e. The van der Waals surface area contributed by atoms with Crippen molar-refractivity contribution in [2.75, 3.05) is 0 Å². The summed E-state index contributed by atoms with van der Waals surface area (Å²) >= 11 is 6.13. The summed E-state index contributed by atoms with van der Waals surface area (Å²) in [6, 6.07) is 10.8. The van der Waals surface area contributed by atoms with Crippen molar-refractivity contribution in [3.63, 3.8) is 0 Å².